The first-order valence-corrected chi connectivity index (χ1v) is 7.10. The predicted molar refractivity (Wildman–Crippen MR) is 73.9 cm³/mol. The molecule has 1 aliphatic heterocycles. The Labute approximate surface area is 130 Å². The largest absolute Gasteiger partial charge is 0.491 e. The summed E-state index contributed by atoms with van der Waals surface area (Å²) in [6.45, 7) is 0.0995. The number of fused-ring (bicyclic) bond motifs is 1. The van der Waals surface area contributed by atoms with E-state index in [1.165, 1.54) is 6.07 Å². The Kier molecular flexibility index (Phi) is 5.12. The Hall–Kier alpha value is -2.25. The van der Waals surface area contributed by atoms with E-state index in [4.69, 9.17) is 4.74 Å². The van der Waals surface area contributed by atoms with E-state index < -0.39 is 30.5 Å². The van der Waals surface area contributed by atoms with Crippen LogP contribution < -0.4 is 4.74 Å². The van der Waals surface area contributed by atoms with Gasteiger partial charge in [0.2, 0.25) is 5.91 Å². The minimum Gasteiger partial charge on any atom is -0.491 e. The molecule has 1 atom stereocenters. The second-order valence-corrected chi connectivity index (χ2v) is 5.18. The maximum absolute atomic E-state index is 12.2. The van der Waals surface area contributed by atoms with Crippen LogP contribution in [-0.4, -0.2) is 41.2 Å². The zero-order valence-electron chi connectivity index (χ0n) is 12.2. The summed E-state index contributed by atoms with van der Waals surface area (Å²) in [7, 11) is 0. The number of aliphatic carboxylic acids is 1. The summed E-state index contributed by atoms with van der Waals surface area (Å²) < 4.78 is 42.0. The van der Waals surface area contributed by atoms with Gasteiger partial charge in [-0.3, -0.25) is 4.79 Å². The van der Waals surface area contributed by atoms with Crippen LogP contribution in [0.4, 0.5) is 13.2 Å². The van der Waals surface area contributed by atoms with E-state index >= 15 is 0 Å². The first kappa shape index (κ1) is 17.1. The maximum atomic E-state index is 12.2. The molecule has 1 amide bonds. The molecular weight excluding hydrogens is 315 g/mol. The second kappa shape index (κ2) is 6.89. The Morgan fingerprint density at radius 1 is 1.30 bits per heavy atom. The predicted octanol–water partition coefficient (Wildman–Crippen LogP) is 2.77. The quantitative estimate of drug-likeness (QED) is 0.921. The van der Waals surface area contributed by atoms with Crippen molar-refractivity contribution in [1.29, 1.82) is 0 Å². The minimum absolute atomic E-state index is 0.0104. The van der Waals surface area contributed by atoms with Crippen LogP contribution in [0.5, 0.6) is 5.75 Å². The highest BCUT2D eigenvalue weighted by Crippen LogP contribution is 2.33. The van der Waals surface area contributed by atoms with Gasteiger partial charge in [0.05, 0.1) is 6.54 Å². The molecular formula is C15H16F3NO4. The number of carboxylic acid groups (broad SMARTS) is 1. The molecule has 0 aliphatic carbocycles. The third kappa shape index (κ3) is 4.37. The maximum Gasteiger partial charge on any atom is 0.389 e. The van der Waals surface area contributed by atoms with E-state index in [2.05, 4.69) is 0 Å². The number of carbonyl (C=O) groups is 2. The number of carbonyl (C=O) groups excluding carboxylic acids is 1. The summed E-state index contributed by atoms with van der Waals surface area (Å²) >= 11 is 0. The van der Waals surface area contributed by atoms with Crippen LogP contribution in [-0.2, 0) is 9.59 Å². The fourth-order valence-corrected chi connectivity index (χ4v) is 2.51. The normalized spacial score (nSPS) is 17.9. The summed E-state index contributed by atoms with van der Waals surface area (Å²) in [6, 6.07) is 5.18. The lowest BCUT2D eigenvalue weighted by Crippen LogP contribution is -2.39. The first-order chi connectivity index (χ1) is 10.8. The molecule has 2 rings (SSSR count). The Bertz CT molecular complexity index is 588. The van der Waals surface area contributed by atoms with Crippen LogP contribution in [0.3, 0.4) is 0 Å². The van der Waals surface area contributed by atoms with Crippen molar-refractivity contribution in [2.75, 3.05) is 13.2 Å². The Balaban J connectivity index is 2.16. The first-order valence-electron chi connectivity index (χ1n) is 7.10. The summed E-state index contributed by atoms with van der Waals surface area (Å²) in [5, 5.41) is 9.45. The average molecular weight is 331 g/mol. The van der Waals surface area contributed by atoms with Gasteiger partial charge in [0.25, 0.3) is 0 Å². The number of halogens is 3. The average Bonchev–Trinajstić information content (AvgIpc) is 2.65. The SMILES string of the molecule is O=C(O)C1c2ccccc2OCCN1C(=O)CCCC(F)(F)F. The number of nitrogens with zero attached hydrogens (tertiary/aromatic N) is 1. The molecule has 8 heteroatoms. The molecule has 1 heterocycles. The third-order valence-corrected chi connectivity index (χ3v) is 3.52. The smallest absolute Gasteiger partial charge is 0.389 e. The molecule has 0 bridgehead atoms. The van der Waals surface area contributed by atoms with Gasteiger partial charge in [-0.2, -0.15) is 13.2 Å². The lowest BCUT2D eigenvalue weighted by atomic mass is 10.0. The van der Waals surface area contributed by atoms with Crippen molar-refractivity contribution in [2.24, 2.45) is 0 Å². The van der Waals surface area contributed by atoms with Crippen LogP contribution in [0.25, 0.3) is 0 Å². The van der Waals surface area contributed by atoms with E-state index in [1.807, 2.05) is 0 Å². The molecule has 0 spiro atoms. The molecule has 0 fully saturated rings. The highest BCUT2D eigenvalue weighted by molar-refractivity contribution is 5.85. The number of hydrogen-bond donors (Lipinski definition) is 1. The van der Waals surface area contributed by atoms with Gasteiger partial charge in [-0.05, 0) is 12.5 Å². The molecule has 126 valence electrons. The summed E-state index contributed by atoms with van der Waals surface area (Å²) in [6.07, 6.45) is -6.13. The fourth-order valence-electron chi connectivity index (χ4n) is 2.51. The van der Waals surface area contributed by atoms with Crippen LogP contribution in [0.15, 0.2) is 24.3 Å². The monoisotopic (exact) mass is 331 g/mol. The van der Waals surface area contributed by atoms with Crippen molar-refractivity contribution in [3.63, 3.8) is 0 Å². The molecule has 0 aromatic heterocycles. The van der Waals surface area contributed by atoms with Crippen LogP contribution in [0.2, 0.25) is 0 Å². The number of para-hydroxylation sites is 1. The highest BCUT2D eigenvalue weighted by Gasteiger charge is 2.35. The molecule has 1 N–H and O–H groups in total. The number of alkyl halides is 3. The van der Waals surface area contributed by atoms with Gasteiger partial charge in [-0.25, -0.2) is 4.79 Å². The van der Waals surface area contributed by atoms with Crippen molar-refractivity contribution >= 4 is 11.9 Å². The number of benzene rings is 1. The van der Waals surface area contributed by atoms with Crippen molar-refractivity contribution in [1.82, 2.24) is 4.90 Å². The number of amides is 1. The van der Waals surface area contributed by atoms with Gasteiger partial charge < -0.3 is 14.7 Å². The summed E-state index contributed by atoms with van der Waals surface area (Å²) in [4.78, 5) is 24.9. The van der Waals surface area contributed by atoms with Crippen LogP contribution >= 0.6 is 0 Å². The summed E-state index contributed by atoms with van der Waals surface area (Å²) in [5.41, 5.74) is 0.321. The van der Waals surface area contributed by atoms with Gasteiger partial charge in [0.15, 0.2) is 6.04 Å². The van der Waals surface area contributed by atoms with E-state index in [0.29, 0.717) is 11.3 Å². The molecule has 5 nitrogen and oxygen atoms in total. The second-order valence-electron chi connectivity index (χ2n) is 5.18. The van der Waals surface area contributed by atoms with Gasteiger partial charge >= 0.3 is 12.1 Å². The Morgan fingerprint density at radius 3 is 2.65 bits per heavy atom. The molecule has 0 radical (unpaired) electrons. The fraction of sp³-hybridized carbons (Fsp3) is 0.467. The van der Waals surface area contributed by atoms with Gasteiger partial charge in [0, 0.05) is 18.4 Å². The molecule has 1 aromatic carbocycles. The third-order valence-electron chi connectivity index (χ3n) is 3.52. The summed E-state index contributed by atoms with van der Waals surface area (Å²) in [5.74, 6) is -1.50. The molecule has 0 saturated heterocycles. The zero-order valence-corrected chi connectivity index (χ0v) is 12.2. The molecule has 23 heavy (non-hydrogen) atoms. The minimum atomic E-state index is -4.33. The van der Waals surface area contributed by atoms with Gasteiger partial charge in [-0.15, -0.1) is 0 Å². The molecule has 1 unspecified atom stereocenters. The van der Waals surface area contributed by atoms with Crippen molar-refractivity contribution in [2.45, 2.75) is 31.5 Å². The van der Waals surface area contributed by atoms with Crippen molar-refractivity contribution in [3.8, 4) is 5.75 Å². The number of carboxylic acids is 1. The van der Waals surface area contributed by atoms with Gasteiger partial charge in [0.1, 0.15) is 12.4 Å². The standard InChI is InChI=1S/C15H16F3NO4/c16-15(17,18)7-3-6-12(20)19-8-9-23-11-5-2-1-4-10(11)13(19)14(21)22/h1-2,4-5,13H,3,6-9H2,(H,21,22). The number of rotatable bonds is 4. The van der Waals surface area contributed by atoms with E-state index in [1.54, 1.807) is 18.2 Å². The zero-order chi connectivity index (χ0) is 17.0. The van der Waals surface area contributed by atoms with Crippen molar-refractivity contribution in [3.05, 3.63) is 29.8 Å². The number of ether oxygens (including phenoxy) is 1. The lowest BCUT2D eigenvalue weighted by Gasteiger charge is -2.27. The molecule has 1 aliphatic rings. The topological polar surface area (TPSA) is 66.8 Å². The lowest BCUT2D eigenvalue weighted by molar-refractivity contribution is -0.152. The van der Waals surface area contributed by atoms with Crippen LogP contribution in [0.1, 0.15) is 30.9 Å². The van der Waals surface area contributed by atoms with Gasteiger partial charge in [-0.1, -0.05) is 18.2 Å². The van der Waals surface area contributed by atoms with E-state index in [0.717, 1.165) is 4.90 Å². The molecule has 0 saturated carbocycles. The van der Waals surface area contributed by atoms with Crippen LogP contribution in [0, 0.1) is 0 Å². The van der Waals surface area contributed by atoms with E-state index in [-0.39, 0.29) is 26.0 Å². The molecule has 1 aromatic rings. The van der Waals surface area contributed by atoms with Crippen molar-refractivity contribution < 1.29 is 32.6 Å². The van der Waals surface area contributed by atoms with E-state index in [9.17, 15) is 27.9 Å². The Morgan fingerprint density at radius 2 is 2.00 bits per heavy atom. The number of hydrogen-bond acceptors (Lipinski definition) is 3. The highest BCUT2D eigenvalue weighted by atomic mass is 19.4.